The van der Waals surface area contributed by atoms with Crippen molar-refractivity contribution in [2.75, 3.05) is 26.2 Å². The summed E-state index contributed by atoms with van der Waals surface area (Å²) in [6.07, 6.45) is 5.58. The van der Waals surface area contributed by atoms with Gasteiger partial charge in [-0.05, 0) is 23.6 Å². The molecule has 5 rings (SSSR count). The lowest BCUT2D eigenvalue weighted by Crippen LogP contribution is -2.48. The number of imidazole rings is 1. The van der Waals surface area contributed by atoms with E-state index in [-0.39, 0.29) is 5.91 Å². The lowest BCUT2D eigenvalue weighted by Gasteiger charge is -2.34. The highest BCUT2D eigenvalue weighted by Gasteiger charge is 2.24. The maximum absolute atomic E-state index is 13.0. The van der Waals surface area contributed by atoms with Crippen LogP contribution in [-0.2, 0) is 6.54 Å². The average molecular weight is 406 g/mol. The van der Waals surface area contributed by atoms with Gasteiger partial charge in [-0.1, -0.05) is 35.9 Å². The van der Waals surface area contributed by atoms with Crippen LogP contribution >= 0.6 is 11.6 Å². The Kier molecular flexibility index (Phi) is 4.66. The van der Waals surface area contributed by atoms with Gasteiger partial charge in [0.15, 0.2) is 0 Å². The van der Waals surface area contributed by atoms with Gasteiger partial charge in [-0.25, -0.2) is 4.98 Å². The highest BCUT2D eigenvalue weighted by molar-refractivity contribution is 6.30. The molecule has 4 aromatic rings. The van der Waals surface area contributed by atoms with Crippen molar-refractivity contribution < 1.29 is 4.79 Å². The lowest BCUT2D eigenvalue weighted by atomic mass is 10.1. The molecule has 1 amide bonds. The zero-order chi connectivity index (χ0) is 19.8. The smallest absolute Gasteiger partial charge is 0.273 e. The minimum atomic E-state index is 0.00354. The number of benzene rings is 1. The Morgan fingerprint density at radius 3 is 2.69 bits per heavy atom. The first-order valence-electron chi connectivity index (χ1n) is 9.66. The zero-order valence-corrected chi connectivity index (χ0v) is 16.6. The van der Waals surface area contributed by atoms with Crippen LogP contribution in [0.3, 0.4) is 0 Å². The largest absolute Gasteiger partial charge is 0.335 e. The molecule has 146 valence electrons. The molecule has 0 spiro atoms. The lowest BCUT2D eigenvalue weighted by molar-refractivity contribution is 0.0623. The fraction of sp³-hybridized carbons (Fsp3) is 0.227. The van der Waals surface area contributed by atoms with Crippen LogP contribution in [0.5, 0.6) is 0 Å². The molecule has 29 heavy (non-hydrogen) atoms. The van der Waals surface area contributed by atoms with Gasteiger partial charge in [-0.3, -0.25) is 14.7 Å². The molecule has 0 saturated carbocycles. The van der Waals surface area contributed by atoms with Crippen LogP contribution in [-0.4, -0.2) is 56.3 Å². The second kappa shape index (κ2) is 7.46. The number of carbonyl (C=O) groups is 1. The summed E-state index contributed by atoms with van der Waals surface area (Å²) in [5, 5.41) is 2.64. The molecular formula is C22H20ClN5O. The fourth-order valence-corrected chi connectivity index (χ4v) is 4.04. The third-order valence-corrected chi connectivity index (χ3v) is 5.61. The van der Waals surface area contributed by atoms with Crippen LogP contribution in [0.4, 0.5) is 0 Å². The summed E-state index contributed by atoms with van der Waals surface area (Å²) < 4.78 is 1.95. The van der Waals surface area contributed by atoms with E-state index in [0.717, 1.165) is 41.7 Å². The summed E-state index contributed by atoms with van der Waals surface area (Å²) in [7, 11) is 0. The number of hydrogen-bond donors (Lipinski definition) is 0. The van der Waals surface area contributed by atoms with Gasteiger partial charge >= 0.3 is 0 Å². The molecule has 0 unspecified atom stereocenters. The van der Waals surface area contributed by atoms with Crippen LogP contribution < -0.4 is 0 Å². The number of hydrogen-bond acceptors (Lipinski definition) is 4. The summed E-state index contributed by atoms with van der Waals surface area (Å²) in [6, 6.07) is 13.6. The van der Waals surface area contributed by atoms with Crippen molar-refractivity contribution in [2.24, 2.45) is 0 Å². The van der Waals surface area contributed by atoms with Gasteiger partial charge in [-0.15, -0.1) is 0 Å². The van der Waals surface area contributed by atoms with Crippen LogP contribution in [0.15, 0.2) is 61.1 Å². The average Bonchev–Trinajstić information content (AvgIpc) is 3.14. The van der Waals surface area contributed by atoms with Gasteiger partial charge in [0, 0.05) is 56.7 Å². The van der Waals surface area contributed by atoms with Gasteiger partial charge in [0.1, 0.15) is 11.3 Å². The number of nitrogens with zero attached hydrogens (tertiary/aromatic N) is 5. The highest BCUT2D eigenvalue weighted by atomic mass is 35.5. The summed E-state index contributed by atoms with van der Waals surface area (Å²) >= 11 is 6.05. The van der Waals surface area contributed by atoms with Crippen molar-refractivity contribution in [3.8, 4) is 0 Å². The Bertz CT molecular complexity index is 1190. The molecule has 3 aromatic heterocycles. The first kappa shape index (κ1) is 18.1. The van der Waals surface area contributed by atoms with Crippen LogP contribution in [0.25, 0.3) is 16.4 Å². The number of fused-ring (bicyclic) bond motifs is 2. The minimum Gasteiger partial charge on any atom is -0.335 e. The van der Waals surface area contributed by atoms with Crippen molar-refractivity contribution in [1.29, 1.82) is 0 Å². The molecular weight excluding hydrogens is 386 g/mol. The molecule has 1 aliphatic rings. The third-order valence-electron chi connectivity index (χ3n) is 5.39. The van der Waals surface area contributed by atoms with E-state index in [1.807, 2.05) is 64.2 Å². The van der Waals surface area contributed by atoms with Gasteiger partial charge in [0.25, 0.3) is 5.91 Å². The van der Waals surface area contributed by atoms with E-state index < -0.39 is 0 Å². The Labute approximate surface area is 173 Å². The van der Waals surface area contributed by atoms with Crippen LogP contribution in [0, 0.1) is 0 Å². The second-order valence-corrected chi connectivity index (χ2v) is 7.73. The van der Waals surface area contributed by atoms with Crippen LogP contribution in [0.1, 0.15) is 16.2 Å². The molecule has 0 aliphatic carbocycles. The van der Waals surface area contributed by atoms with Gasteiger partial charge in [-0.2, -0.15) is 0 Å². The summed E-state index contributed by atoms with van der Waals surface area (Å²) in [4.78, 5) is 26.3. The molecule has 1 saturated heterocycles. The van der Waals surface area contributed by atoms with E-state index in [4.69, 9.17) is 11.6 Å². The molecule has 0 atom stereocenters. The quantitative estimate of drug-likeness (QED) is 0.523. The number of pyridine rings is 2. The second-order valence-electron chi connectivity index (χ2n) is 7.29. The molecule has 0 N–H and O–H groups in total. The van der Waals surface area contributed by atoms with Crippen molar-refractivity contribution >= 4 is 33.9 Å². The molecule has 7 heteroatoms. The van der Waals surface area contributed by atoms with E-state index in [9.17, 15) is 4.79 Å². The van der Waals surface area contributed by atoms with Crippen molar-refractivity contribution in [1.82, 2.24) is 24.2 Å². The molecule has 0 bridgehead atoms. The summed E-state index contributed by atoms with van der Waals surface area (Å²) in [5.74, 6) is 0.00354. The summed E-state index contributed by atoms with van der Waals surface area (Å²) in [6.45, 7) is 3.75. The predicted molar refractivity (Wildman–Crippen MR) is 113 cm³/mol. The Hall–Kier alpha value is -2.96. The van der Waals surface area contributed by atoms with E-state index in [1.165, 1.54) is 0 Å². The van der Waals surface area contributed by atoms with Crippen molar-refractivity contribution in [2.45, 2.75) is 6.54 Å². The Morgan fingerprint density at radius 2 is 1.83 bits per heavy atom. The van der Waals surface area contributed by atoms with Gasteiger partial charge in [0.2, 0.25) is 0 Å². The molecule has 1 aliphatic heterocycles. The Balaban J connectivity index is 1.26. The van der Waals surface area contributed by atoms with Gasteiger partial charge < -0.3 is 9.30 Å². The SMILES string of the molecule is O=C(c1nccc2ccccc12)N1CCN(Cc2cn3cc(Cl)ccc3n2)CC1. The first-order valence-corrected chi connectivity index (χ1v) is 10.0. The zero-order valence-electron chi connectivity index (χ0n) is 15.8. The standard InChI is InChI=1S/C22H20ClN5O/c23-17-5-6-20-25-18(15-28(20)13-17)14-26-9-11-27(12-10-26)22(29)21-19-4-2-1-3-16(19)7-8-24-21/h1-8,13,15H,9-12,14H2. The molecule has 4 heterocycles. The van der Waals surface area contributed by atoms with Gasteiger partial charge in [0.05, 0.1) is 10.7 Å². The monoisotopic (exact) mass is 405 g/mol. The van der Waals surface area contributed by atoms with E-state index in [2.05, 4.69) is 14.9 Å². The Morgan fingerprint density at radius 1 is 1.00 bits per heavy atom. The highest BCUT2D eigenvalue weighted by Crippen LogP contribution is 2.19. The number of aromatic nitrogens is 3. The number of amides is 1. The predicted octanol–water partition coefficient (Wildman–Crippen LogP) is 3.49. The molecule has 0 radical (unpaired) electrons. The van der Waals surface area contributed by atoms with E-state index >= 15 is 0 Å². The molecule has 1 fully saturated rings. The van der Waals surface area contributed by atoms with Crippen molar-refractivity contribution in [3.63, 3.8) is 0 Å². The minimum absolute atomic E-state index is 0.00354. The third kappa shape index (κ3) is 3.57. The van der Waals surface area contributed by atoms with Crippen molar-refractivity contribution in [3.05, 3.63) is 77.5 Å². The number of piperazine rings is 1. The van der Waals surface area contributed by atoms with E-state index in [1.54, 1.807) is 6.20 Å². The molecule has 6 nitrogen and oxygen atoms in total. The maximum atomic E-state index is 13.0. The van der Waals surface area contributed by atoms with E-state index in [0.29, 0.717) is 23.8 Å². The first-order chi connectivity index (χ1) is 14.2. The normalized spacial score (nSPS) is 15.3. The topological polar surface area (TPSA) is 53.7 Å². The number of carbonyl (C=O) groups excluding carboxylic acids is 1. The molecule has 1 aromatic carbocycles. The van der Waals surface area contributed by atoms with Crippen LogP contribution in [0.2, 0.25) is 5.02 Å². The number of rotatable bonds is 3. The fourth-order valence-electron chi connectivity index (χ4n) is 3.87. The summed E-state index contributed by atoms with van der Waals surface area (Å²) in [5.41, 5.74) is 2.43. The number of halogens is 1. The maximum Gasteiger partial charge on any atom is 0.273 e.